The lowest BCUT2D eigenvalue weighted by Gasteiger charge is -2.05. The Labute approximate surface area is 97.1 Å². The summed E-state index contributed by atoms with van der Waals surface area (Å²) in [5, 5.41) is 5.52. The molecule has 1 unspecified atom stereocenters. The van der Waals surface area contributed by atoms with Crippen molar-refractivity contribution < 1.29 is 9.00 Å². The van der Waals surface area contributed by atoms with Crippen LogP contribution >= 0.6 is 0 Å². The van der Waals surface area contributed by atoms with Crippen molar-refractivity contribution in [2.24, 2.45) is 0 Å². The van der Waals surface area contributed by atoms with Crippen molar-refractivity contribution in [3.8, 4) is 0 Å². The van der Waals surface area contributed by atoms with Gasteiger partial charge in [-0.1, -0.05) is 6.07 Å². The number of amides is 1. The van der Waals surface area contributed by atoms with Gasteiger partial charge in [-0.05, 0) is 12.1 Å². The molecule has 1 aromatic heterocycles. The summed E-state index contributed by atoms with van der Waals surface area (Å²) in [5.74, 6) is 0.853. The zero-order chi connectivity index (χ0) is 12.0. The SMILES string of the molecule is CNc1cccc(C(=O)NCCS(C)=O)n1. The number of hydrogen-bond acceptors (Lipinski definition) is 4. The predicted octanol–water partition coefficient (Wildman–Crippen LogP) is 0.232. The molecule has 88 valence electrons. The fourth-order valence-electron chi connectivity index (χ4n) is 1.10. The van der Waals surface area contributed by atoms with Crippen LogP contribution in [0.25, 0.3) is 0 Å². The first kappa shape index (κ1) is 12.6. The first-order chi connectivity index (χ1) is 7.63. The fourth-order valence-corrected chi connectivity index (χ4v) is 1.49. The van der Waals surface area contributed by atoms with Crippen molar-refractivity contribution in [2.45, 2.75) is 0 Å². The summed E-state index contributed by atoms with van der Waals surface area (Å²) in [4.78, 5) is 15.7. The van der Waals surface area contributed by atoms with Gasteiger partial charge in [0.2, 0.25) is 0 Å². The van der Waals surface area contributed by atoms with E-state index < -0.39 is 10.8 Å². The molecule has 0 aliphatic carbocycles. The number of aromatic nitrogens is 1. The number of hydrogen-bond donors (Lipinski definition) is 2. The smallest absolute Gasteiger partial charge is 0.269 e. The number of carbonyl (C=O) groups is 1. The van der Waals surface area contributed by atoms with Gasteiger partial charge in [0.15, 0.2) is 0 Å². The summed E-state index contributed by atoms with van der Waals surface area (Å²) < 4.78 is 10.8. The highest BCUT2D eigenvalue weighted by atomic mass is 32.2. The van der Waals surface area contributed by atoms with Crippen LogP contribution in [0.3, 0.4) is 0 Å². The van der Waals surface area contributed by atoms with E-state index >= 15 is 0 Å². The Hall–Kier alpha value is -1.43. The van der Waals surface area contributed by atoms with Crippen LogP contribution in [0.4, 0.5) is 5.82 Å². The molecule has 6 heteroatoms. The van der Waals surface area contributed by atoms with Crippen LogP contribution in [0.1, 0.15) is 10.5 Å². The van der Waals surface area contributed by atoms with Gasteiger partial charge in [0, 0.05) is 36.4 Å². The topological polar surface area (TPSA) is 71.1 Å². The Morgan fingerprint density at radius 3 is 2.88 bits per heavy atom. The largest absolute Gasteiger partial charge is 0.373 e. The van der Waals surface area contributed by atoms with Crippen molar-refractivity contribution >= 4 is 22.5 Å². The van der Waals surface area contributed by atoms with Crippen LogP contribution in [0.15, 0.2) is 18.2 Å². The predicted molar refractivity (Wildman–Crippen MR) is 65.1 cm³/mol. The van der Waals surface area contributed by atoms with Gasteiger partial charge in [0.05, 0.1) is 0 Å². The molecule has 0 saturated heterocycles. The summed E-state index contributed by atoms with van der Waals surface area (Å²) in [7, 11) is 0.848. The first-order valence-corrected chi connectivity index (χ1v) is 6.59. The van der Waals surface area contributed by atoms with E-state index in [-0.39, 0.29) is 5.91 Å². The molecule has 2 N–H and O–H groups in total. The zero-order valence-electron chi connectivity index (χ0n) is 9.32. The first-order valence-electron chi connectivity index (χ1n) is 4.86. The molecule has 1 aromatic rings. The number of rotatable bonds is 5. The van der Waals surface area contributed by atoms with E-state index in [9.17, 15) is 9.00 Å². The maximum atomic E-state index is 11.6. The van der Waals surface area contributed by atoms with E-state index in [1.54, 1.807) is 31.5 Å². The Kier molecular flexibility index (Phi) is 4.91. The van der Waals surface area contributed by atoms with Gasteiger partial charge >= 0.3 is 0 Å². The highest BCUT2D eigenvalue weighted by Gasteiger charge is 2.06. The molecule has 0 fully saturated rings. The maximum absolute atomic E-state index is 11.6. The van der Waals surface area contributed by atoms with Crippen LogP contribution in [0.5, 0.6) is 0 Å². The van der Waals surface area contributed by atoms with Crippen LogP contribution in [0, 0.1) is 0 Å². The Morgan fingerprint density at radius 1 is 1.50 bits per heavy atom. The highest BCUT2D eigenvalue weighted by molar-refractivity contribution is 7.84. The number of anilines is 1. The third-order valence-corrected chi connectivity index (χ3v) is 2.69. The molecule has 0 spiro atoms. The molecule has 0 aromatic carbocycles. The molecule has 0 aliphatic rings. The third kappa shape index (κ3) is 3.98. The Bertz CT molecular complexity index is 395. The second kappa shape index (κ2) is 6.22. The van der Waals surface area contributed by atoms with Gasteiger partial charge in [-0.3, -0.25) is 9.00 Å². The van der Waals surface area contributed by atoms with E-state index in [1.807, 2.05) is 0 Å². The minimum absolute atomic E-state index is 0.248. The molecule has 0 bridgehead atoms. The number of nitrogens with one attached hydrogen (secondary N) is 2. The fraction of sp³-hybridized carbons (Fsp3) is 0.400. The van der Waals surface area contributed by atoms with Gasteiger partial charge in [-0.2, -0.15) is 0 Å². The molecule has 1 rings (SSSR count). The monoisotopic (exact) mass is 241 g/mol. The number of carbonyl (C=O) groups excluding carboxylic acids is 1. The van der Waals surface area contributed by atoms with Crippen LogP contribution in [0.2, 0.25) is 0 Å². The number of pyridine rings is 1. The molecule has 0 radical (unpaired) electrons. The number of nitrogens with zero attached hydrogens (tertiary/aromatic N) is 1. The quantitative estimate of drug-likeness (QED) is 0.774. The van der Waals surface area contributed by atoms with Crippen LogP contribution in [-0.4, -0.2) is 40.7 Å². The van der Waals surface area contributed by atoms with Crippen molar-refractivity contribution in [3.05, 3.63) is 23.9 Å². The minimum Gasteiger partial charge on any atom is -0.373 e. The molecule has 1 amide bonds. The summed E-state index contributed by atoms with van der Waals surface area (Å²) in [6.07, 6.45) is 1.60. The average Bonchev–Trinajstić information content (AvgIpc) is 2.28. The van der Waals surface area contributed by atoms with Gasteiger partial charge in [-0.25, -0.2) is 4.98 Å². The van der Waals surface area contributed by atoms with Crippen LogP contribution in [-0.2, 0) is 10.8 Å². The second-order valence-electron chi connectivity index (χ2n) is 3.19. The molecule has 0 aliphatic heterocycles. The van der Waals surface area contributed by atoms with Gasteiger partial charge < -0.3 is 10.6 Å². The zero-order valence-corrected chi connectivity index (χ0v) is 10.1. The Morgan fingerprint density at radius 2 is 2.25 bits per heavy atom. The van der Waals surface area contributed by atoms with Crippen molar-refractivity contribution in [1.29, 1.82) is 0 Å². The normalized spacial score (nSPS) is 11.9. The van der Waals surface area contributed by atoms with E-state index in [0.717, 1.165) is 0 Å². The average molecular weight is 241 g/mol. The maximum Gasteiger partial charge on any atom is 0.269 e. The Balaban J connectivity index is 2.55. The molecule has 0 saturated carbocycles. The molecule has 1 heterocycles. The van der Waals surface area contributed by atoms with Gasteiger partial charge in [0.1, 0.15) is 11.5 Å². The standard InChI is InChI=1S/C10H15N3O2S/c1-11-9-5-3-4-8(13-9)10(14)12-6-7-16(2)15/h3-5H,6-7H2,1-2H3,(H,11,13)(H,12,14). The minimum atomic E-state index is -0.892. The lowest BCUT2D eigenvalue weighted by Crippen LogP contribution is -2.28. The second-order valence-corrected chi connectivity index (χ2v) is 4.75. The van der Waals surface area contributed by atoms with Crippen LogP contribution < -0.4 is 10.6 Å². The molecule has 1 atom stereocenters. The molecular weight excluding hydrogens is 226 g/mol. The van der Waals surface area contributed by atoms with Gasteiger partial charge in [-0.15, -0.1) is 0 Å². The van der Waals surface area contributed by atoms with Crippen molar-refractivity contribution in [1.82, 2.24) is 10.3 Å². The van der Waals surface area contributed by atoms with E-state index in [4.69, 9.17) is 0 Å². The summed E-state index contributed by atoms with van der Waals surface area (Å²) in [6, 6.07) is 5.17. The van der Waals surface area contributed by atoms with Gasteiger partial charge in [0.25, 0.3) is 5.91 Å². The summed E-state index contributed by atoms with van der Waals surface area (Å²) >= 11 is 0. The van der Waals surface area contributed by atoms with E-state index in [2.05, 4.69) is 15.6 Å². The molecular formula is C10H15N3O2S. The van der Waals surface area contributed by atoms with E-state index in [1.165, 1.54) is 0 Å². The summed E-state index contributed by atoms with van der Waals surface area (Å²) in [6.45, 7) is 0.396. The molecule has 5 nitrogen and oxygen atoms in total. The van der Waals surface area contributed by atoms with Crippen molar-refractivity contribution in [2.75, 3.05) is 30.9 Å². The lowest BCUT2D eigenvalue weighted by atomic mass is 10.3. The summed E-state index contributed by atoms with van der Waals surface area (Å²) in [5.41, 5.74) is 0.355. The lowest BCUT2D eigenvalue weighted by molar-refractivity contribution is 0.0951. The van der Waals surface area contributed by atoms with Crippen molar-refractivity contribution in [3.63, 3.8) is 0 Å². The van der Waals surface area contributed by atoms with E-state index in [0.29, 0.717) is 23.8 Å². The highest BCUT2D eigenvalue weighted by Crippen LogP contribution is 2.03. The molecule has 16 heavy (non-hydrogen) atoms. The third-order valence-electron chi connectivity index (χ3n) is 1.91.